The van der Waals surface area contributed by atoms with Crippen molar-refractivity contribution in [2.75, 3.05) is 13.2 Å². The van der Waals surface area contributed by atoms with Gasteiger partial charge in [-0.1, -0.05) is 0 Å². The van der Waals surface area contributed by atoms with E-state index in [1.807, 2.05) is 20.8 Å². The van der Waals surface area contributed by atoms with E-state index in [1.54, 1.807) is 0 Å². The Labute approximate surface area is 84.7 Å². The van der Waals surface area contributed by atoms with Gasteiger partial charge < -0.3 is 15.2 Å². The molecule has 2 N–H and O–H groups in total. The monoisotopic (exact) mass is 201 g/mol. The molecule has 1 heterocycles. The fourth-order valence-corrected chi connectivity index (χ4v) is 1.53. The number of rotatable bonds is 2. The molecule has 0 aliphatic carbocycles. The number of nitrogens with two attached hydrogens (primary N) is 1. The fourth-order valence-electron chi connectivity index (χ4n) is 1.53. The quantitative estimate of drug-likeness (QED) is 0.668. The number of carbonyl (C=O) groups is 1. The minimum Gasteiger partial charge on any atom is -0.460 e. The highest BCUT2D eigenvalue weighted by Crippen LogP contribution is 2.23. The number of ether oxygens (including phenoxy) is 2. The second kappa shape index (κ2) is 4.28. The molecule has 82 valence electrons. The van der Waals surface area contributed by atoms with E-state index in [4.69, 9.17) is 15.2 Å². The van der Waals surface area contributed by atoms with E-state index in [0.29, 0.717) is 13.2 Å². The molecule has 14 heavy (non-hydrogen) atoms. The largest absolute Gasteiger partial charge is 0.460 e. The van der Waals surface area contributed by atoms with Gasteiger partial charge in [0.05, 0.1) is 12.0 Å². The van der Waals surface area contributed by atoms with Crippen molar-refractivity contribution in [3.63, 3.8) is 0 Å². The Bertz CT molecular complexity index is 210. The molecule has 4 heteroatoms. The Kier molecular flexibility index (Phi) is 3.50. The molecule has 1 aliphatic heterocycles. The van der Waals surface area contributed by atoms with Crippen LogP contribution in [0.4, 0.5) is 0 Å². The van der Waals surface area contributed by atoms with Crippen LogP contribution in [-0.2, 0) is 14.3 Å². The van der Waals surface area contributed by atoms with Crippen molar-refractivity contribution in [2.24, 2.45) is 11.7 Å². The standard InChI is InChI=1S/C10H19NO3/c1-10(2,3)14-9(12)7-4-5-13-8(7)6-11/h7-8H,4-6,11H2,1-3H3/t7-,8-/m1/s1. The Morgan fingerprint density at radius 1 is 1.57 bits per heavy atom. The van der Waals surface area contributed by atoms with Crippen LogP contribution in [0.1, 0.15) is 27.2 Å². The van der Waals surface area contributed by atoms with Gasteiger partial charge in [-0.25, -0.2) is 0 Å². The third-order valence-electron chi connectivity index (χ3n) is 2.15. The molecule has 0 amide bonds. The first-order valence-corrected chi connectivity index (χ1v) is 4.98. The highest BCUT2D eigenvalue weighted by molar-refractivity contribution is 5.73. The van der Waals surface area contributed by atoms with Crippen molar-refractivity contribution in [1.82, 2.24) is 0 Å². The molecule has 0 aromatic carbocycles. The zero-order chi connectivity index (χ0) is 10.8. The summed E-state index contributed by atoms with van der Waals surface area (Å²) in [5, 5.41) is 0. The Balaban J connectivity index is 2.52. The van der Waals surface area contributed by atoms with E-state index >= 15 is 0 Å². The Morgan fingerprint density at radius 3 is 2.71 bits per heavy atom. The van der Waals surface area contributed by atoms with Gasteiger partial charge in [0.2, 0.25) is 0 Å². The van der Waals surface area contributed by atoms with Gasteiger partial charge in [0.15, 0.2) is 0 Å². The van der Waals surface area contributed by atoms with Crippen LogP contribution in [0, 0.1) is 5.92 Å². The Morgan fingerprint density at radius 2 is 2.21 bits per heavy atom. The molecule has 1 fully saturated rings. The number of carbonyl (C=O) groups excluding carboxylic acids is 1. The number of esters is 1. The van der Waals surface area contributed by atoms with Crippen LogP contribution in [-0.4, -0.2) is 30.8 Å². The number of hydrogen-bond acceptors (Lipinski definition) is 4. The lowest BCUT2D eigenvalue weighted by molar-refractivity contribution is -0.161. The summed E-state index contributed by atoms with van der Waals surface area (Å²) in [4.78, 5) is 11.7. The molecule has 0 saturated carbocycles. The van der Waals surface area contributed by atoms with Crippen molar-refractivity contribution < 1.29 is 14.3 Å². The van der Waals surface area contributed by atoms with Gasteiger partial charge in [-0.05, 0) is 27.2 Å². The molecular weight excluding hydrogens is 182 g/mol. The van der Waals surface area contributed by atoms with E-state index in [9.17, 15) is 4.79 Å². The molecule has 0 bridgehead atoms. The summed E-state index contributed by atoms with van der Waals surface area (Å²) in [5.74, 6) is -0.371. The first-order valence-electron chi connectivity index (χ1n) is 4.98. The highest BCUT2D eigenvalue weighted by atomic mass is 16.6. The van der Waals surface area contributed by atoms with Gasteiger partial charge in [0.25, 0.3) is 0 Å². The predicted molar refractivity (Wildman–Crippen MR) is 52.7 cm³/mol. The summed E-state index contributed by atoms with van der Waals surface area (Å²) >= 11 is 0. The average Bonchev–Trinajstić information content (AvgIpc) is 2.47. The number of hydrogen-bond donors (Lipinski definition) is 1. The summed E-state index contributed by atoms with van der Waals surface area (Å²) in [6, 6.07) is 0. The van der Waals surface area contributed by atoms with Crippen molar-refractivity contribution in [1.29, 1.82) is 0 Å². The van der Waals surface area contributed by atoms with Gasteiger partial charge in [0, 0.05) is 13.2 Å². The van der Waals surface area contributed by atoms with E-state index in [0.717, 1.165) is 6.42 Å². The van der Waals surface area contributed by atoms with E-state index < -0.39 is 5.60 Å². The van der Waals surface area contributed by atoms with Gasteiger partial charge in [-0.3, -0.25) is 4.79 Å². The Hall–Kier alpha value is -0.610. The first-order chi connectivity index (χ1) is 6.44. The maximum Gasteiger partial charge on any atom is 0.312 e. The minimum atomic E-state index is -0.432. The van der Waals surface area contributed by atoms with Crippen LogP contribution in [0.15, 0.2) is 0 Å². The fraction of sp³-hybridized carbons (Fsp3) is 0.900. The average molecular weight is 201 g/mol. The van der Waals surface area contributed by atoms with Gasteiger partial charge in [-0.2, -0.15) is 0 Å². The van der Waals surface area contributed by atoms with Crippen molar-refractivity contribution in [2.45, 2.75) is 38.9 Å². The zero-order valence-electron chi connectivity index (χ0n) is 9.08. The molecule has 0 spiro atoms. The zero-order valence-corrected chi connectivity index (χ0v) is 9.08. The lowest BCUT2D eigenvalue weighted by atomic mass is 10.0. The van der Waals surface area contributed by atoms with Crippen LogP contribution in [0.2, 0.25) is 0 Å². The maximum absolute atomic E-state index is 11.7. The molecule has 0 radical (unpaired) electrons. The first kappa shape index (κ1) is 11.5. The van der Waals surface area contributed by atoms with Crippen LogP contribution in [0.3, 0.4) is 0 Å². The highest BCUT2D eigenvalue weighted by Gasteiger charge is 2.35. The van der Waals surface area contributed by atoms with Crippen LogP contribution in [0.25, 0.3) is 0 Å². The molecular formula is C10H19NO3. The second-order valence-corrected chi connectivity index (χ2v) is 4.57. The topological polar surface area (TPSA) is 61.5 Å². The van der Waals surface area contributed by atoms with E-state index in [1.165, 1.54) is 0 Å². The van der Waals surface area contributed by atoms with Crippen LogP contribution >= 0.6 is 0 Å². The summed E-state index contributed by atoms with van der Waals surface area (Å²) < 4.78 is 10.6. The van der Waals surface area contributed by atoms with Gasteiger partial charge in [-0.15, -0.1) is 0 Å². The van der Waals surface area contributed by atoms with E-state index in [2.05, 4.69) is 0 Å². The van der Waals surface area contributed by atoms with Crippen LogP contribution in [0.5, 0.6) is 0 Å². The molecule has 4 nitrogen and oxygen atoms in total. The van der Waals surface area contributed by atoms with Gasteiger partial charge in [0.1, 0.15) is 5.60 Å². The van der Waals surface area contributed by atoms with Crippen molar-refractivity contribution >= 4 is 5.97 Å². The smallest absolute Gasteiger partial charge is 0.312 e. The second-order valence-electron chi connectivity index (χ2n) is 4.57. The lowest BCUT2D eigenvalue weighted by Crippen LogP contribution is -2.36. The third-order valence-corrected chi connectivity index (χ3v) is 2.15. The maximum atomic E-state index is 11.7. The van der Waals surface area contributed by atoms with Gasteiger partial charge >= 0.3 is 5.97 Å². The van der Waals surface area contributed by atoms with E-state index in [-0.39, 0.29) is 18.0 Å². The molecule has 0 unspecified atom stereocenters. The molecule has 0 aromatic heterocycles. The lowest BCUT2D eigenvalue weighted by Gasteiger charge is -2.23. The predicted octanol–water partition coefficient (Wildman–Crippen LogP) is 0.692. The summed E-state index contributed by atoms with van der Waals surface area (Å²) in [5.41, 5.74) is 5.06. The van der Waals surface area contributed by atoms with Crippen molar-refractivity contribution in [3.05, 3.63) is 0 Å². The summed E-state index contributed by atoms with van der Waals surface area (Å²) in [7, 11) is 0. The SMILES string of the molecule is CC(C)(C)OC(=O)[C@@H]1CCO[C@@H]1CN. The summed E-state index contributed by atoms with van der Waals surface area (Å²) in [6.45, 7) is 6.56. The minimum absolute atomic E-state index is 0.162. The third kappa shape index (κ3) is 2.96. The molecule has 1 aliphatic rings. The molecule has 2 atom stereocenters. The molecule has 0 aromatic rings. The van der Waals surface area contributed by atoms with Crippen LogP contribution < -0.4 is 5.73 Å². The molecule has 1 rings (SSSR count). The summed E-state index contributed by atoms with van der Waals surface area (Å²) in [6.07, 6.45) is 0.557. The van der Waals surface area contributed by atoms with Crippen molar-refractivity contribution in [3.8, 4) is 0 Å². The molecule has 1 saturated heterocycles. The normalized spacial score (nSPS) is 27.7.